The number of aromatic nitrogens is 6. The molecule has 0 spiro atoms. The van der Waals surface area contributed by atoms with Crippen molar-refractivity contribution >= 4 is 5.82 Å². The van der Waals surface area contributed by atoms with Crippen molar-refractivity contribution in [3.8, 4) is 5.82 Å². The fourth-order valence-corrected chi connectivity index (χ4v) is 3.43. The Balaban J connectivity index is 1.23. The number of aryl methyl sites for hydroxylation is 1. The number of hydrogen-bond acceptors (Lipinski definition) is 7. The van der Waals surface area contributed by atoms with Crippen molar-refractivity contribution in [1.82, 2.24) is 30.1 Å². The largest absolute Gasteiger partial charge is 0.355 e. The van der Waals surface area contributed by atoms with Crippen LogP contribution in [0.4, 0.5) is 5.82 Å². The zero-order valence-electron chi connectivity index (χ0n) is 14.7. The van der Waals surface area contributed by atoms with E-state index in [-0.39, 0.29) is 0 Å². The van der Waals surface area contributed by atoms with Crippen LogP contribution in [-0.4, -0.2) is 43.2 Å². The molecule has 0 unspecified atom stereocenters. The predicted octanol–water partition coefficient (Wildman–Crippen LogP) is 2.62. The monoisotopic (exact) mass is 351 g/mol. The summed E-state index contributed by atoms with van der Waals surface area (Å²) in [5.41, 5.74) is 0.962. The van der Waals surface area contributed by atoms with Crippen LogP contribution in [0.1, 0.15) is 54.9 Å². The molecule has 1 aliphatic heterocycles. The smallest absolute Gasteiger partial charge is 0.229 e. The summed E-state index contributed by atoms with van der Waals surface area (Å²) in [5.74, 6) is 4.24. The molecule has 3 aromatic rings. The molecule has 8 heteroatoms. The Kier molecular flexibility index (Phi) is 3.69. The summed E-state index contributed by atoms with van der Waals surface area (Å²) < 4.78 is 7.15. The molecule has 5 rings (SSSR count). The molecule has 2 aliphatic rings. The highest BCUT2D eigenvalue weighted by Gasteiger charge is 2.32. The summed E-state index contributed by atoms with van der Waals surface area (Å²) in [6.07, 6.45) is 6.28. The Bertz CT molecular complexity index is 888. The van der Waals surface area contributed by atoms with Gasteiger partial charge in [-0.1, -0.05) is 5.16 Å². The second-order valence-corrected chi connectivity index (χ2v) is 7.18. The zero-order valence-corrected chi connectivity index (χ0v) is 14.7. The first-order valence-corrected chi connectivity index (χ1v) is 9.21. The van der Waals surface area contributed by atoms with Gasteiger partial charge in [0.25, 0.3) is 0 Å². The van der Waals surface area contributed by atoms with Crippen LogP contribution in [0.2, 0.25) is 0 Å². The Morgan fingerprint density at radius 2 is 1.73 bits per heavy atom. The second-order valence-electron chi connectivity index (χ2n) is 7.18. The number of piperidine rings is 1. The van der Waals surface area contributed by atoms with Gasteiger partial charge in [-0.2, -0.15) is 10.1 Å². The molecule has 1 saturated heterocycles. The second kappa shape index (κ2) is 6.19. The van der Waals surface area contributed by atoms with E-state index in [9.17, 15) is 0 Å². The number of nitrogens with zero attached hydrogens (tertiary/aromatic N) is 7. The third-order valence-electron chi connectivity index (χ3n) is 5.16. The standard InChI is InChI=1S/C18H21N7O/c1-12-6-11-25(22-12)16-5-4-15(20-21-16)24-9-7-13(8-10-24)17-19-18(26-23-17)14-2-3-14/h4-6,11,13-14H,2-3,7-10H2,1H3. The first-order valence-electron chi connectivity index (χ1n) is 9.21. The minimum Gasteiger partial charge on any atom is -0.355 e. The van der Waals surface area contributed by atoms with Gasteiger partial charge in [-0.3, -0.25) is 0 Å². The van der Waals surface area contributed by atoms with Crippen LogP contribution < -0.4 is 4.90 Å². The maximum absolute atomic E-state index is 5.40. The normalized spacial score (nSPS) is 18.4. The van der Waals surface area contributed by atoms with Crippen molar-refractivity contribution in [2.45, 2.75) is 44.4 Å². The Labute approximate surface area is 151 Å². The van der Waals surface area contributed by atoms with Crippen molar-refractivity contribution in [2.24, 2.45) is 0 Å². The van der Waals surface area contributed by atoms with Crippen molar-refractivity contribution in [3.63, 3.8) is 0 Å². The molecule has 0 radical (unpaired) electrons. The van der Waals surface area contributed by atoms with Crippen LogP contribution in [-0.2, 0) is 0 Å². The minimum atomic E-state index is 0.377. The van der Waals surface area contributed by atoms with Crippen molar-refractivity contribution in [3.05, 3.63) is 41.8 Å². The molecule has 2 fully saturated rings. The number of anilines is 1. The van der Waals surface area contributed by atoms with Gasteiger partial charge < -0.3 is 9.42 Å². The van der Waals surface area contributed by atoms with Gasteiger partial charge in [0, 0.05) is 31.1 Å². The quantitative estimate of drug-likeness (QED) is 0.714. The molecule has 0 amide bonds. The summed E-state index contributed by atoms with van der Waals surface area (Å²) in [6, 6.07) is 5.92. The molecule has 26 heavy (non-hydrogen) atoms. The van der Waals surface area contributed by atoms with Crippen LogP contribution in [0.5, 0.6) is 0 Å². The maximum atomic E-state index is 5.40. The molecule has 1 aliphatic carbocycles. The molecule has 1 saturated carbocycles. The Hall–Kier alpha value is -2.77. The van der Waals surface area contributed by atoms with Crippen molar-refractivity contribution in [2.75, 3.05) is 18.0 Å². The Morgan fingerprint density at radius 3 is 2.38 bits per heavy atom. The molecule has 8 nitrogen and oxygen atoms in total. The van der Waals surface area contributed by atoms with E-state index >= 15 is 0 Å². The fourth-order valence-electron chi connectivity index (χ4n) is 3.43. The summed E-state index contributed by atoms with van der Waals surface area (Å²) in [4.78, 5) is 6.87. The third kappa shape index (κ3) is 2.95. The number of hydrogen-bond donors (Lipinski definition) is 0. The Morgan fingerprint density at radius 1 is 0.962 bits per heavy atom. The molecular formula is C18H21N7O. The fraction of sp³-hybridized carbons (Fsp3) is 0.500. The zero-order chi connectivity index (χ0) is 17.5. The van der Waals surface area contributed by atoms with Crippen molar-refractivity contribution in [1.29, 1.82) is 0 Å². The lowest BCUT2D eigenvalue weighted by atomic mass is 9.96. The van der Waals surface area contributed by atoms with Crippen molar-refractivity contribution < 1.29 is 4.52 Å². The summed E-state index contributed by atoms with van der Waals surface area (Å²) in [7, 11) is 0. The molecule has 0 N–H and O–H groups in total. The van der Waals surface area contributed by atoms with Gasteiger partial charge in [0.2, 0.25) is 5.89 Å². The molecule has 3 aromatic heterocycles. The molecule has 0 aromatic carbocycles. The van der Waals surface area contributed by atoms with Gasteiger partial charge in [-0.15, -0.1) is 10.2 Å². The van der Waals surface area contributed by atoms with E-state index in [1.807, 2.05) is 31.3 Å². The first kappa shape index (κ1) is 15.5. The minimum absolute atomic E-state index is 0.377. The third-order valence-corrected chi connectivity index (χ3v) is 5.16. The lowest BCUT2D eigenvalue weighted by Crippen LogP contribution is -2.34. The van der Waals surface area contributed by atoms with Crippen LogP contribution in [0.3, 0.4) is 0 Å². The van der Waals surface area contributed by atoms with E-state index in [0.717, 1.165) is 55.0 Å². The van der Waals surface area contributed by atoms with Gasteiger partial charge >= 0.3 is 0 Å². The number of rotatable bonds is 4. The topological polar surface area (TPSA) is 85.8 Å². The van der Waals surface area contributed by atoms with Crippen LogP contribution in [0, 0.1) is 6.92 Å². The van der Waals surface area contributed by atoms with Crippen LogP contribution in [0.25, 0.3) is 5.82 Å². The SMILES string of the molecule is Cc1ccn(-c2ccc(N3CCC(c4noc(C5CC5)n4)CC3)nn2)n1. The van der Waals surface area contributed by atoms with Gasteiger partial charge in [-0.05, 0) is 50.8 Å². The molecular weight excluding hydrogens is 330 g/mol. The molecule has 4 heterocycles. The highest BCUT2D eigenvalue weighted by molar-refractivity contribution is 5.40. The lowest BCUT2D eigenvalue weighted by Gasteiger charge is -2.31. The summed E-state index contributed by atoms with van der Waals surface area (Å²) in [5, 5.41) is 17.3. The van der Waals surface area contributed by atoms with Crippen LogP contribution >= 0.6 is 0 Å². The first-order chi connectivity index (χ1) is 12.8. The van der Waals surface area contributed by atoms with E-state index in [1.54, 1.807) is 4.68 Å². The summed E-state index contributed by atoms with van der Waals surface area (Å²) in [6.45, 7) is 3.81. The highest BCUT2D eigenvalue weighted by Crippen LogP contribution is 2.39. The summed E-state index contributed by atoms with van der Waals surface area (Å²) >= 11 is 0. The lowest BCUT2D eigenvalue weighted by molar-refractivity contribution is 0.364. The predicted molar refractivity (Wildman–Crippen MR) is 94.4 cm³/mol. The van der Waals surface area contributed by atoms with E-state index < -0.39 is 0 Å². The molecule has 0 atom stereocenters. The molecule has 134 valence electrons. The van der Waals surface area contributed by atoms with Gasteiger partial charge in [0.1, 0.15) is 0 Å². The van der Waals surface area contributed by atoms with Gasteiger partial charge in [0.05, 0.1) is 5.69 Å². The van der Waals surface area contributed by atoms with Gasteiger partial charge in [-0.25, -0.2) is 4.68 Å². The van der Waals surface area contributed by atoms with E-state index in [2.05, 4.69) is 30.3 Å². The average molecular weight is 351 g/mol. The van der Waals surface area contributed by atoms with Gasteiger partial charge in [0.15, 0.2) is 17.5 Å². The average Bonchev–Trinajstić information content (AvgIpc) is 3.25. The maximum Gasteiger partial charge on any atom is 0.229 e. The van der Waals surface area contributed by atoms with E-state index in [1.165, 1.54) is 12.8 Å². The van der Waals surface area contributed by atoms with E-state index in [4.69, 9.17) is 4.52 Å². The molecule has 0 bridgehead atoms. The highest BCUT2D eigenvalue weighted by atomic mass is 16.5. The van der Waals surface area contributed by atoms with Crippen LogP contribution in [0.15, 0.2) is 28.9 Å². The van der Waals surface area contributed by atoms with E-state index in [0.29, 0.717) is 11.8 Å².